The molecule has 0 saturated carbocycles. The van der Waals surface area contributed by atoms with Gasteiger partial charge in [0.05, 0.1) is 26.9 Å². The maximum absolute atomic E-state index is 5.79. The Hall–Kier alpha value is -1.42. The number of hydrogen-bond donors (Lipinski definition) is 2. The summed E-state index contributed by atoms with van der Waals surface area (Å²) in [6.45, 7) is 4.21. The molecular formula is C18H30IN3O4. The monoisotopic (exact) mass is 479 g/mol. The van der Waals surface area contributed by atoms with Crippen molar-refractivity contribution < 1.29 is 18.9 Å². The molecule has 0 radical (unpaired) electrons. The van der Waals surface area contributed by atoms with Crippen molar-refractivity contribution in [3.05, 3.63) is 17.7 Å². The van der Waals surface area contributed by atoms with E-state index < -0.39 is 0 Å². The zero-order valence-corrected chi connectivity index (χ0v) is 18.5. The van der Waals surface area contributed by atoms with Crippen molar-refractivity contribution in [1.82, 2.24) is 10.6 Å². The number of methoxy groups -OCH3 is 3. The van der Waals surface area contributed by atoms with Crippen molar-refractivity contribution in [2.45, 2.75) is 31.9 Å². The quantitative estimate of drug-likeness (QED) is 0.356. The lowest BCUT2D eigenvalue weighted by molar-refractivity contribution is 0.0243. The fourth-order valence-corrected chi connectivity index (χ4v) is 2.95. The Labute approximate surface area is 172 Å². The van der Waals surface area contributed by atoms with Crippen LogP contribution in [0.3, 0.4) is 0 Å². The predicted octanol–water partition coefficient (Wildman–Crippen LogP) is 2.56. The van der Waals surface area contributed by atoms with E-state index in [9.17, 15) is 0 Å². The Morgan fingerprint density at radius 1 is 1.15 bits per heavy atom. The summed E-state index contributed by atoms with van der Waals surface area (Å²) < 4.78 is 22.0. The maximum Gasteiger partial charge on any atom is 0.203 e. The Morgan fingerprint density at radius 3 is 2.42 bits per heavy atom. The molecule has 1 aliphatic heterocycles. The Morgan fingerprint density at radius 2 is 1.88 bits per heavy atom. The van der Waals surface area contributed by atoms with Gasteiger partial charge in [-0.15, -0.1) is 24.0 Å². The molecule has 7 nitrogen and oxygen atoms in total. The van der Waals surface area contributed by atoms with Crippen LogP contribution in [0.2, 0.25) is 0 Å². The smallest absolute Gasteiger partial charge is 0.203 e. The summed E-state index contributed by atoms with van der Waals surface area (Å²) in [6, 6.07) is 3.81. The molecule has 1 fully saturated rings. The topological polar surface area (TPSA) is 73.3 Å². The van der Waals surface area contributed by atoms with Gasteiger partial charge in [0, 0.05) is 32.3 Å². The van der Waals surface area contributed by atoms with E-state index in [0.29, 0.717) is 29.8 Å². The molecule has 1 heterocycles. The van der Waals surface area contributed by atoms with Crippen LogP contribution in [-0.4, -0.2) is 53.1 Å². The average Bonchev–Trinajstić information content (AvgIpc) is 3.07. The van der Waals surface area contributed by atoms with Gasteiger partial charge in [-0.1, -0.05) is 0 Å². The van der Waals surface area contributed by atoms with Crippen LogP contribution in [0, 0.1) is 0 Å². The predicted molar refractivity (Wildman–Crippen MR) is 113 cm³/mol. The molecule has 2 rings (SSSR count). The molecule has 26 heavy (non-hydrogen) atoms. The van der Waals surface area contributed by atoms with Gasteiger partial charge in [0.2, 0.25) is 5.75 Å². The molecule has 1 saturated heterocycles. The second kappa shape index (κ2) is 10.7. The molecule has 0 bridgehead atoms. The molecule has 0 amide bonds. The van der Waals surface area contributed by atoms with Gasteiger partial charge in [0.15, 0.2) is 17.5 Å². The van der Waals surface area contributed by atoms with E-state index in [1.165, 1.54) is 0 Å². The van der Waals surface area contributed by atoms with E-state index in [0.717, 1.165) is 31.6 Å². The van der Waals surface area contributed by atoms with Crippen molar-refractivity contribution in [1.29, 1.82) is 0 Å². The van der Waals surface area contributed by atoms with Gasteiger partial charge in [-0.3, -0.25) is 4.99 Å². The minimum absolute atomic E-state index is 0. The first-order valence-corrected chi connectivity index (χ1v) is 8.43. The van der Waals surface area contributed by atoms with Crippen LogP contribution in [0.25, 0.3) is 0 Å². The van der Waals surface area contributed by atoms with Gasteiger partial charge in [-0.25, -0.2) is 0 Å². The van der Waals surface area contributed by atoms with Gasteiger partial charge in [0.25, 0.3) is 0 Å². The molecule has 2 N–H and O–H groups in total. The summed E-state index contributed by atoms with van der Waals surface area (Å²) in [7, 11) is 6.57. The maximum atomic E-state index is 5.79. The summed E-state index contributed by atoms with van der Waals surface area (Å²) in [5, 5.41) is 6.63. The fourth-order valence-electron chi connectivity index (χ4n) is 2.95. The van der Waals surface area contributed by atoms with E-state index in [4.69, 9.17) is 18.9 Å². The first kappa shape index (κ1) is 22.6. The summed E-state index contributed by atoms with van der Waals surface area (Å²) in [4.78, 5) is 4.27. The third-order valence-corrected chi connectivity index (χ3v) is 4.39. The standard InChI is InChI=1S/C18H29N3O4.HI/c1-18(9-6-10-25-18)12-21-17(19-2)20-11-13-7-8-14(22-3)16(24-5)15(13)23-4;/h7-8H,6,9-12H2,1-5H3,(H2,19,20,21);1H. The minimum atomic E-state index is -0.126. The van der Waals surface area contributed by atoms with Crippen LogP contribution in [0.4, 0.5) is 0 Å². The lowest BCUT2D eigenvalue weighted by Crippen LogP contribution is -2.45. The minimum Gasteiger partial charge on any atom is -0.493 e. The summed E-state index contributed by atoms with van der Waals surface area (Å²) in [6.07, 6.45) is 2.16. The third kappa shape index (κ3) is 5.54. The highest BCUT2D eigenvalue weighted by atomic mass is 127. The molecule has 0 aromatic heterocycles. The highest BCUT2D eigenvalue weighted by molar-refractivity contribution is 14.0. The van der Waals surface area contributed by atoms with Crippen LogP contribution in [0.15, 0.2) is 17.1 Å². The van der Waals surface area contributed by atoms with E-state index in [-0.39, 0.29) is 29.6 Å². The van der Waals surface area contributed by atoms with E-state index in [1.54, 1.807) is 28.4 Å². The van der Waals surface area contributed by atoms with Crippen molar-refractivity contribution in [3.63, 3.8) is 0 Å². The molecular weight excluding hydrogens is 449 g/mol. The number of ether oxygens (including phenoxy) is 4. The Balaban J connectivity index is 0.00000338. The SMILES string of the molecule is CN=C(NCc1ccc(OC)c(OC)c1OC)NCC1(C)CCCO1.I. The molecule has 1 unspecified atom stereocenters. The first-order valence-electron chi connectivity index (χ1n) is 8.43. The first-order chi connectivity index (χ1) is 12.1. The van der Waals surface area contributed by atoms with Gasteiger partial charge in [-0.05, 0) is 31.9 Å². The molecule has 1 aromatic rings. The van der Waals surface area contributed by atoms with E-state index >= 15 is 0 Å². The number of nitrogens with one attached hydrogen (secondary N) is 2. The number of nitrogens with zero attached hydrogens (tertiary/aromatic N) is 1. The largest absolute Gasteiger partial charge is 0.493 e. The fraction of sp³-hybridized carbons (Fsp3) is 0.611. The molecule has 1 aromatic carbocycles. The van der Waals surface area contributed by atoms with Gasteiger partial charge in [0.1, 0.15) is 0 Å². The van der Waals surface area contributed by atoms with Gasteiger partial charge >= 0.3 is 0 Å². The van der Waals surface area contributed by atoms with Crippen LogP contribution in [-0.2, 0) is 11.3 Å². The zero-order valence-electron chi connectivity index (χ0n) is 16.2. The highest BCUT2D eigenvalue weighted by Crippen LogP contribution is 2.39. The van der Waals surface area contributed by atoms with Gasteiger partial charge < -0.3 is 29.6 Å². The van der Waals surface area contributed by atoms with Crippen LogP contribution in [0.5, 0.6) is 17.2 Å². The Bertz CT molecular complexity index is 604. The van der Waals surface area contributed by atoms with Crippen LogP contribution >= 0.6 is 24.0 Å². The second-order valence-electron chi connectivity index (χ2n) is 6.17. The Kier molecular flexibility index (Phi) is 9.28. The highest BCUT2D eigenvalue weighted by Gasteiger charge is 2.29. The molecule has 0 spiro atoms. The summed E-state index contributed by atoms with van der Waals surface area (Å²) in [5.41, 5.74) is 0.824. The van der Waals surface area contributed by atoms with Crippen LogP contribution < -0.4 is 24.8 Å². The molecule has 0 aliphatic carbocycles. The number of benzene rings is 1. The van der Waals surface area contributed by atoms with Crippen molar-refractivity contribution in [2.75, 3.05) is 41.5 Å². The van der Waals surface area contributed by atoms with Gasteiger partial charge in [-0.2, -0.15) is 0 Å². The summed E-state index contributed by atoms with van der Waals surface area (Å²) in [5.74, 6) is 2.58. The number of halogens is 1. The average molecular weight is 479 g/mol. The number of hydrogen-bond acceptors (Lipinski definition) is 5. The van der Waals surface area contributed by atoms with Crippen molar-refractivity contribution >= 4 is 29.9 Å². The molecule has 1 aliphatic rings. The van der Waals surface area contributed by atoms with E-state index in [2.05, 4.69) is 22.5 Å². The summed E-state index contributed by atoms with van der Waals surface area (Å²) >= 11 is 0. The van der Waals surface area contributed by atoms with Crippen molar-refractivity contribution in [3.8, 4) is 17.2 Å². The van der Waals surface area contributed by atoms with Crippen molar-refractivity contribution in [2.24, 2.45) is 4.99 Å². The molecule has 8 heteroatoms. The lowest BCUT2D eigenvalue weighted by atomic mass is 10.0. The third-order valence-electron chi connectivity index (χ3n) is 4.39. The van der Waals surface area contributed by atoms with E-state index in [1.807, 2.05) is 12.1 Å². The number of aliphatic imine (C=N–C) groups is 1. The number of rotatable bonds is 7. The number of guanidine groups is 1. The lowest BCUT2D eigenvalue weighted by Gasteiger charge is -2.25. The normalized spacial score (nSPS) is 19.5. The molecule has 148 valence electrons. The van der Waals surface area contributed by atoms with Crippen LogP contribution in [0.1, 0.15) is 25.3 Å². The second-order valence-corrected chi connectivity index (χ2v) is 6.17. The zero-order chi connectivity index (χ0) is 18.3. The molecule has 1 atom stereocenters.